The van der Waals surface area contributed by atoms with Gasteiger partial charge in [0.2, 0.25) is 0 Å². The van der Waals surface area contributed by atoms with Gasteiger partial charge in [-0.15, -0.1) is 0 Å². The fourth-order valence-electron chi connectivity index (χ4n) is 2.34. The zero-order chi connectivity index (χ0) is 18.9. The highest BCUT2D eigenvalue weighted by Gasteiger charge is 2.11. The van der Waals surface area contributed by atoms with Gasteiger partial charge in [-0.3, -0.25) is 4.79 Å². The predicted molar refractivity (Wildman–Crippen MR) is 102 cm³/mol. The summed E-state index contributed by atoms with van der Waals surface area (Å²) in [6.07, 6.45) is 2.42. The Hall–Kier alpha value is -3.26. The van der Waals surface area contributed by atoms with E-state index in [-0.39, 0.29) is 5.57 Å². The first-order valence-corrected chi connectivity index (χ1v) is 8.38. The van der Waals surface area contributed by atoms with Crippen molar-refractivity contribution >= 4 is 17.7 Å². The number of nitrogens with one attached hydrogen (secondary N) is 1. The Labute approximate surface area is 153 Å². The maximum Gasteiger partial charge on any atom is 0.266 e. The van der Waals surface area contributed by atoms with E-state index in [9.17, 15) is 10.1 Å². The highest BCUT2D eigenvalue weighted by atomic mass is 16.5. The Bertz CT molecular complexity index is 851. The number of methoxy groups -OCH3 is 1. The zero-order valence-electron chi connectivity index (χ0n) is 15.2. The maximum absolute atomic E-state index is 12.4. The zero-order valence-corrected chi connectivity index (χ0v) is 15.2. The maximum atomic E-state index is 12.4. The summed E-state index contributed by atoms with van der Waals surface area (Å²) in [5, 5.41) is 12.1. The third-order valence-electron chi connectivity index (χ3n) is 3.60. The SMILES string of the molecule is CCCOc1ccc(/C=C(\C#N)C(=O)Nc2cccc(C)c2)cc1OC. The summed E-state index contributed by atoms with van der Waals surface area (Å²) < 4.78 is 10.9. The summed E-state index contributed by atoms with van der Waals surface area (Å²) >= 11 is 0. The lowest BCUT2D eigenvalue weighted by molar-refractivity contribution is -0.112. The van der Waals surface area contributed by atoms with Crippen molar-refractivity contribution in [1.29, 1.82) is 5.26 Å². The standard InChI is InChI=1S/C21H22N2O3/c1-4-10-26-19-9-8-16(13-20(19)25-3)12-17(14-22)21(24)23-18-7-5-6-15(2)11-18/h5-9,11-13H,4,10H2,1-3H3,(H,23,24)/b17-12+. The van der Waals surface area contributed by atoms with Gasteiger partial charge in [0.25, 0.3) is 5.91 Å². The number of carbonyl (C=O) groups is 1. The molecule has 0 saturated heterocycles. The normalized spacial score (nSPS) is 10.8. The van der Waals surface area contributed by atoms with Gasteiger partial charge >= 0.3 is 0 Å². The van der Waals surface area contributed by atoms with E-state index in [4.69, 9.17) is 9.47 Å². The number of nitrogens with zero attached hydrogens (tertiary/aromatic N) is 1. The van der Waals surface area contributed by atoms with Crippen molar-refractivity contribution in [3.05, 3.63) is 59.2 Å². The second kappa shape index (κ2) is 9.28. The number of ether oxygens (including phenoxy) is 2. The van der Waals surface area contributed by atoms with Crippen molar-refractivity contribution in [2.75, 3.05) is 19.0 Å². The fourth-order valence-corrected chi connectivity index (χ4v) is 2.34. The van der Waals surface area contributed by atoms with Gasteiger partial charge in [-0.05, 0) is 54.8 Å². The molecule has 2 aromatic carbocycles. The molecule has 0 heterocycles. The van der Waals surface area contributed by atoms with Crippen molar-refractivity contribution in [2.24, 2.45) is 0 Å². The van der Waals surface area contributed by atoms with E-state index < -0.39 is 5.91 Å². The Kier molecular flexibility index (Phi) is 6.81. The summed E-state index contributed by atoms with van der Waals surface area (Å²) in [4.78, 5) is 12.4. The van der Waals surface area contributed by atoms with Crippen LogP contribution in [0.3, 0.4) is 0 Å². The van der Waals surface area contributed by atoms with Crippen LogP contribution in [0.1, 0.15) is 24.5 Å². The van der Waals surface area contributed by atoms with Crippen LogP contribution in [-0.2, 0) is 4.79 Å². The lowest BCUT2D eigenvalue weighted by Crippen LogP contribution is -2.13. The molecule has 0 spiro atoms. The largest absolute Gasteiger partial charge is 0.493 e. The number of hydrogen-bond donors (Lipinski definition) is 1. The van der Waals surface area contributed by atoms with E-state index >= 15 is 0 Å². The molecule has 0 radical (unpaired) electrons. The molecule has 0 aliphatic heterocycles. The Morgan fingerprint density at radius 2 is 2.04 bits per heavy atom. The van der Waals surface area contributed by atoms with Crippen molar-refractivity contribution in [3.63, 3.8) is 0 Å². The number of nitriles is 1. The topological polar surface area (TPSA) is 71.3 Å². The number of anilines is 1. The minimum atomic E-state index is -0.455. The lowest BCUT2D eigenvalue weighted by atomic mass is 10.1. The molecule has 0 aliphatic rings. The second-order valence-electron chi connectivity index (χ2n) is 5.75. The minimum Gasteiger partial charge on any atom is -0.493 e. The van der Waals surface area contributed by atoms with Crippen LogP contribution in [0.15, 0.2) is 48.0 Å². The Morgan fingerprint density at radius 3 is 2.69 bits per heavy atom. The van der Waals surface area contributed by atoms with Crippen LogP contribution in [0.5, 0.6) is 11.5 Å². The van der Waals surface area contributed by atoms with Gasteiger partial charge in [-0.25, -0.2) is 0 Å². The summed E-state index contributed by atoms with van der Waals surface area (Å²) in [7, 11) is 1.55. The molecule has 1 amide bonds. The molecule has 26 heavy (non-hydrogen) atoms. The molecule has 1 N–H and O–H groups in total. The van der Waals surface area contributed by atoms with Crippen molar-refractivity contribution in [3.8, 4) is 17.6 Å². The molecule has 0 bridgehead atoms. The van der Waals surface area contributed by atoms with Crippen molar-refractivity contribution < 1.29 is 14.3 Å². The Balaban J connectivity index is 2.22. The van der Waals surface area contributed by atoms with E-state index in [2.05, 4.69) is 5.32 Å². The average molecular weight is 350 g/mol. The molecule has 0 aromatic heterocycles. The average Bonchev–Trinajstić information content (AvgIpc) is 2.64. The van der Waals surface area contributed by atoms with Gasteiger partial charge in [0.1, 0.15) is 11.6 Å². The summed E-state index contributed by atoms with van der Waals surface area (Å²) in [5.41, 5.74) is 2.37. The van der Waals surface area contributed by atoms with E-state index in [1.807, 2.05) is 38.1 Å². The van der Waals surface area contributed by atoms with Crippen LogP contribution in [0.4, 0.5) is 5.69 Å². The number of aryl methyl sites for hydroxylation is 1. The van der Waals surface area contributed by atoms with Crippen LogP contribution in [-0.4, -0.2) is 19.6 Å². The molecule has 0 fully saturated rings. The first-order valence-electron chi connectivity index (χ1n) is 8.38. The molecule has 0 atom stereocenters. The first kappa shape index (κ1) is 19.1. The second-order valence-corrected chi connectivity index (χ2v) is 5.75. The van der Waals surface area contributed by atoms with Crippen LogP contribution in [0.25, 0.3) is 6.08 Å². The molecule has 2 aromatic rings. The molecule has 134 valence electrons. The Morgan fingerprint density at radius 1 is 1.23 bits per heavy atom. The third kappa shape index (κ3) is 5.12. The quantitative estimate of drug-likeness (QED) is 0.596. The fraction of sp³-hybridized carbons (Fsp3) is 0.238. The van der Waals surface area contributed by atoms with E-state index in [0.29, 0.717) is 29.4 Å². The highest BCUT2D eigenvalue weighted by molar-refractivity contribution is 6.09. The monoisotopic (exact) mass is 350 g/mol. The smallest absolute Gasteiger partial charge is 0.266 e. The molecule has 5 heteroatoms. The van der Waals surface area contributed by atoms with Gasteiger partial charge in [0.05, 0.1) is 13.7 Å². The van der Waals surface area contributed by atoms with Crippen molar-refractivity contribution in [2.45, 2.75) is 20.3 Å². The van der Waals surface area contributed by atoms with Crippen molar-refractivity contribution in [1.82, 2.24) is 0 Å². The molecular formula is C21H22N2O3. The minimum absolute atomic E-state index is 0.00999. The number of rotatable bonds is 7. The van der Waals surface area contributed by atoms with Gasteiger partial charge < -0.3 is 14.8 Å². The summed E-state index contributed by atoms with van der Waals surface area (Å²) in [5.74, 6) is 0.737. The number of amides is 1. The predicted octanol–water partition coefficient (Wildman–Crippen LogP) is 4.34. The van der Waals surface area contributed by atoms with Gasteiger partial charge in [0, 0.05) is 5.69 Å². The number of benzene rings is 2. The third-order valence-corrected chi connectivity index (χ3v) is 3.60. The molecule has 0 unspecified atom stereocenters. The molecule has 2 rings (SSSR count). The highest BCUT2D eigenvalue weighted by Crippen LogP contribution is 2.29. The number of carbonyl (C=O) groups excluding carboxylic acids is 1. The van der Waals surface area contributed by atoms with Crippen LogP contribution in [0.2, 0.25) is 0 Å². The summed E-state index contributed by atoms with van der Waals surface area (Å²) in [6, 6.07) is 14.6. The number of hydrogen-bond acceptors (Lipinski definition) is 4. The van der Waals surface area contributed by atoms with E-state index in [0.717, 1.165) is 12.0 Å². The lowest BCUT2D eigenvalue weighted by Gasteiger charge is -2.10. The molecule has 0 saturated carbocycles. The van der Waals surface area contributed by atoms with E-state index in [1.165, 1.54) is 6.08 Å². The molecule has 0 aliphatic carbocycles. The first-order chi connectivity index (χ1) is 12.6. The van der Waals surface area contributed by atoms with E-state index in [1.54, 1.807) is 31.4 Å². The van der Waals surface area contributed by atoms with Crippen LogP contribution < -0.4 is 14.8 Å². The van der Waals surface area contributed by atoms with Gasteiger partial charge in [-0.2, -0.15) is 5.26 Å². The molecule has 5 nitrogen and oxygen atoms in total. The van der Waals surface area contributed by atoms with Gasteiger partial charge in [-0.1, -0.05) is 25.1 Å². The van der Waals surface area contributed by atoms with Crippen LogP contribution >= 0.6 is 0 Å². The van der Waals surface area contributed by atoms with Gasteiger partial charge in [0.15, 0.2) is 11.5 Å². The van der Waals surface area contributed by atoms with Crippen LogP contribution in [0, 0.1) is 18.3 Å². The molecular weight excluding hydrogens is 328 g/mol. The summed E-state index contributed by atoms with van der Waals surface area (Å²) in [6.45, 7) is 4.55.